The first-order valence-electron chi connectivity index (χ1n) is 12.0. The predicted molar refractivity (Wildman–Crippen MR) is 136 cm³/mol. The summed E-state index contributed by atoms with van der Waals surface area (Å²) in [6, 6.07) is 24.2. The Bertz CT molecular complexity index is 1330. The lowest BCUT2D eigenvalue weighted by molar-refractivity contribution is 0.0729. The highest BCUT2D eigenvalue weighted by molar-refractivity contribution is 5.92. The van der Waals surface area contributed by atoms with Gasteiger partial charge in [-0.05, 0) is 53.1 Å². The molecule has 0 spiro atoms. The van der Waals surface area contributed by atoms with Gasteiger partial charge in [-0.3, -0.25) is 0 Å². The zero-order valence-corrected chi connectivity index (χ0v) is 20.2. The summed E-state index contributed by atoms with van der Waals surface area (Å²) in [7, 11) is 0. The van der Waals surface area contributed by atoms with Gasteiger partial charge in [-0.2, -0.15) is 0 Å². The molecule has 0 aliphatic carbocycles. The molecule has 5 heteroatoms. The SMILES string of the molecule is CCCc1c(F)cc(OC(=O)c2ccc(-c3ccc(CC(C)c4ccccc4)cc3)cc2F)cc1F. The van der Waals surface area contributed by atoms with Gasteiger partial charge in [0.2, 0.25) is 0 Å². The van der Waals surface area contributed by atoms with E-state index in [1.807, 2.05) is 42.5 Å². The number of carbonyl (C=O) groups is 1. The standard InChI is InChI=1S/C31H27F3O2/c1-3-7-26-29(33)18-25(19-30(26)34)36-31(35)27-15-14-24(17-28(27)32)23-12-10-21(11-13-23)16-20(2)22-8-5-4-6-9-22/h4-6,8-15,17-20H,3,7,16H2,1-2H3. The molecule has 0 saturated heterocycles. The van der Waals surface area contributed by atoms with Gasteiger partial charge in [-0.1, -0.05) is 80.9 Å². The summed E-state index contributed by atoms with van der Waals surface area (Å²) in [6.07, 6.45) is 1.68. The second-order valence-electron chi connectivity index (χ2n) is 8.91. The fourth-order valence-electron chi connectivity index (χ4n) is 4.24. The summed E-state index contributed by atoms with van der Waals surface area (Å²) in [4.78, 5) is 12.5. The number of hydrogen-bond acceptors (Lipinski definition) is 2. The van der Waals surface area contributed by atoms with Crippen LogP contribution in [0.25, 0.3) is 11.1 Å². The lowest BCUT2D eigenvalue weighted by Gasteiger charge is -2.13. The highest BCUT2D eigenvalue weighted by Crippen LogP contribution is 2.27. The summed E-state index contributed by atoms with van der Waals surface area (Å²) in [5, 5.41) is 0. The lowest BCUT2D eigenvalue weighted by Crippen LogP contribution is -2.11. The van der Waals surface area contributed by atoms with Crippen LogP contribution < -0.4 is 4.74 Å². The minimum atomic E-state index is -1.02. The van der Waals surface area contributed by atoms with Crippen molar-refractivity contribution in [2.45, 2.75) is 39.0 Å². The molecule has 2 nitrogen and oxygen atoms in total. The number of halogens is 3. The maximum atomic E-state index is 14.8. The molecule has 0 bridgehead atoms. The molecule has 4 rings (SSSR count). The van der Waals surface area contributed by atoms with Gasteiger partial charge in [0.1, 0.15) is 23.2 Å². The molecule has 0 aliphatic rings. The Morgan fingerprint density at radius 1 is 0.806 bits per heavy atom. The smallest absolute Gasteiger partial charge is 0.346 e. The van der Waals surface area contributed by atoms with Gasteiger partial charge in [0.05, 0.1) is 5.56 Å². The minimum Gasteiger partial charge on any atom is -0.423 e. The average Bonchev–Trinajstić information content (AvgIpc) is 2.87. The molecular weight excluding hydrogens is 461 g/mol. The van der Waals surface area contributed by atoms with Gasteiger partial charge < -0.3 is 4.74 Å². The molecule has 0 aromatic heterocycles. The fourth-order valence-corrected chi connectivity index (χ4v) is 4.24. The first-order chi connectivity index (χ1) is 17.4. The molecule has 4 aromatic carbocycles. The second kappa shape index (κ2) is 11.3. The molecule has 0 radical (unpaired) electrons. The zero-order valence-electron chi connectivity index (χ0n) is 20.2. The molecule has 0 aliphatic heterocycles. The molecule has 1 unspecified atom stereocenters. The van der Waals surface area contributed by atoms with Crippen molar-refractivity contribution < 1.29 is 22.7 Å². The number of rotatable bonds is 8. The molecule has 1 atom stereocenters. The largest absolute Gasteiger partial charge is 0.423 e. The Balaban J connectivity index is 1.45. The fraction of sp³-hybridized carbons (Fsp3) is 0.194. The van der Waals surface area contributed by atoms with Crippen molar-refractivity contribution in [3.05, 3.63) is 125 Å². The van der Waals surface area contributed by atoms with Crippen LogP contribution in [0.15, 0.2) is 84.9 Å². The quantitative estimate of drug-likeness (QED) is 0.184. The van der Waals surface area contributed by atoms with Crippen molar-refractivity contribution >= 4 is 5.97 Å². The molecule has 0 fully saturated rings. The van der Waals surface area contributed by atoms with Crippen molar-refractivity contribution in [3.8, 4) is 16.9 Å². The summed E-state index contributed by atoms with van der Waals surface area (Å²) >= 11 is 0. The van der Waals surface area contributed by atoms with E-state index in [1.165, 1.54) is 23.3 Å². The predicted octanol–water partition coefficient (Wildman–Crippen LogP) is 8.29. The van der Waals surface area contributed by atoms with Crippen LogP contribution in [0.1, 0.15) is 53.2 Å². The van der Waals surface area contributed by atoms with Crippen molar-refractivity contribution in [1.29, 1.82) is 0 Å². The van der Waals surface area contributed by atoms with Crippen molar-refractivity contribution in [1.82, 2.24) is 0 Å². The topological polar surface area (TPSA) is 26.3 Å². The third-order valence-corrected chi connectivity index (χ3v) is 6.21. The maximum Gasteiger partial charge on any atom is 0.346 e. The van der Waals surface area contributed by atoms with Gasteiger partial charge in [-0.25, -0.2) is 18.0 Å². The van der Waals surface area contributed by atoms with Crippen molar-refractivity contribution in [2.24, 2.45) is 0 Å². The summed E-state index contributed by atoms with van der Waals surface area (Å²) in [5.74, 6) is -3.33. The van der Waals surface area contributed by atoms with E-state index in [9.17, 15) is 18.0 Å². The Morgan fingerprint density at radius 2 is 1.44 bits per heavy atom. The summed E-state index contributed by atoms with van der Waals surface area (Å²) in [6.45, 7) is 3.98. The molecule has 184 valence electrons. The number of esters is 1. The number of ether oxygens (including phenoxy) is 1. The van der Waals surface area contributed by atoms with Crippen LogP contribution in [0.3, 0.4) is 0 Å². The van der Waals surface area contributed by atoms with Crippen LogP contribution in [0.2, 0.25) is 0 Å². The van der Waals surface area contributed by atoms with E-state index >= 15 is 0 Å². The van der Waals surface area contributed by atoms with E-state index in [-0.39, 0.29) is 23.3 Å². The van der Waals surface area contributed by atoms with Crippen LogP contribution in [-0.4, -0.2) is 5.97 Å². The van der Waals surface area contributed by atoms with Crippen LogP contribution in [0.5, 0.6) is 5.75 Å². The molecule has 0 amide bonds. The number of carbonyl (C=O) groups excluding carboxylic acids is 1. The molecule has 0 heterocycles. The Labute approximate surface area is 209 Å². The average molecular weight is 489 g/mol. The van der Waals surface area contributed by atoms with E-state index in [0.717, 1.165) is 24.1 Å². The van der Waals surface area contributed by atoms with E-state index < -0.39 is 23.4 Å². The van der Waals surface area contributed by atoms with Crippen LogP contribution in [-0.2, 0) is 12.8 Å². The second-order valence-corrected chi connectivity index (χ2v) is 8.91. The Morgan fingerprint density at radius 3 is 2.06 bits per heavy atom. The van der Waals surface area contributed by atoms with E-state index in [1.54, 1.807) is 13.0 Å². The van der Waals surface area contributed by atoms with Crippen molar-refractivity contribution in [2.75, 3.05) is 0 Å². The van der Waals surface area contributed by atoms with Crippen LogP contribution >= 0.6 is 0 Å². The normalized spacial score (nSPS) is 11.8. The molecule has 0 N–H and O–H groups in total. The summed E-state index contributed by atoms with van der Waals surface area (Å²) < 4.78 is 48.2. The Hall–Kier alpha value is -3.86. The highest BCUT2D eigenvalue weighted by atomic mass is 19.1. The molecule has 0 saturated carbocycles. The van der Waals surface area contributed by atoms with E-state index in [4.69, 9.17) is 4.74 Å². The van der Waals surface area contributed by atoms with Crippen molar-refractivity contribution in [3.63, 3.8) is 0 Å². The van der Waals surface area contributed by atoms with Gasteiger partial charge in [-0.15, -0.1) is 0 Å². The first kappa shape index (κ1) is 25.2. The maximum absolute atomic E-state index is 14.8. The van der Waals surface area contributed by atoms with Crippen LogP contribution in [0, 0.1) is 17.5 Å². The third kappa shape index (κ3) is 5.85. The zero-order chi connectivity index (χ0) is 25.7. The molecular formula is C31H27F3O2. The number of benzene rings is 4. The molecule has 36 heavy (non-hydrogen) atoms. The molecule has 4 aromatic rings. The summed E-state index contributed by atoms with van der Waals surface area (Å²) in [5.41, 5.74) is 3.47. The van der Waals surface area contributed by atoms with Gasteiger partial charge in [0.15, 0.2) is 0 Å². The van der Waals surface area contributed by atoms with Gasteiger partial charge in [0, 0.05) is 17.7 Å². The van der Waals surface area contributed by atoms with Gasteiger partial charge >= 0.3 is 5.97 Å². The highest BCUT2D eigenvalue weighted by Gasteiger charge is 2.18. The third-order valence-electron chi connectivity index (χ3n) is 6.21. The van der Waals surface area contributed by atoms with E-state index in [0.29, 0.717) is 17.9 Å². The van der Waals surface area contributed by atoms with Gasteiger partial charge in [0.25, 0.3) is 0 Å². The Kier molecular flexibility index (Phi) is 7.89. The number of hydrogen-bond donors (Lipinski definition) is 0. The first-order valence-corrected chi connectivity index (χ1v) is 12.0. The lowest BCUT2D eigenvalue weighted by atomic mass is 9.93. The minimum absolute atomic E-state index is 0.0617. The monoisotopic (exact) mass is 488 g/mol. The van der Waals surface area contributed by atoms with E-state index in [2.05, 4.69) is 19.1 Å². The van der Waals surface area contributed by atoms with Crippen LogP contribution in [0.4, 0.5) is 13.2 Å².